The van der Waals surface area contributed by atoms with E-state index in [1.807, 2.05) is 18.2 Å². The van der Waals surface area contributed by atoms with E-state index in [4.69, 9.17) is 0 Å². The molecule has 26 heavy (non-hydrogen) atoms. The van der Waals surface area contributed by atoms with Gasteiger partial charge in [0.2, 0.25) is 11.8 Å². The van der Waals surface area contributed by atoms with Crippen LogP contribution in [0.25, 0.3) is 0 Å². The van der Waals surface area contributed by atoms with Gasteiger partial charge >= 0.3 is 0 Å². The largest absolute Gasteiger partial charge is 1.00 e. The van der Waals surface area contributed by atoms with Crippen molar-refractivity contribution in [1.82, 2.24) is 4.90 Å². The number of hydrogen-bond donors (Lipinski definition) is 2. The summed E-state index contributed by atoms with van der Waals surface area (Å²) in [5.74, 6) is -0.170. The highest BCUT2D eigenvalue weighted by Gasteiger charge is 2.23. The van der Waals surface area contributed by atoms with Gasteiger partial charge in [0.15, 0.2) is 0 Å². The number of piperazine rings is 1. The van der Waals surface area contributed by atoms with Crippen molar-refractivity contribution >= 4 is 23.2 Å². The minimum atomic E-state index is -0.0905. The molecule has 7 heteroatoms. The quantitative estimate of drug-likeness (QED) is 0.616. The standard InChI is InChI=1S/C19H30N4O2.ClH/c1-15(24)20-18-7-8-19(21-16(2)25)17(14-18)6-5-9-22-10-12-23(3,4)13-11-22;/h7-8,14H,5-6,9-13H2,1-4H3,(H-,20,21,24,25);1H. The molecule has 146 valence electrons. The SMILES string of the molecule is CC(=O)Nc1ccc(NC(C)=O)c(CCCN2CC[N+](C)(C)CC2)c1.[Cl-]. The molecule has 0 atom stereocenters. The van der Waals surface area contributed by atoms with Crippen LogP contribution in [0.15, 0.2) is 18.2 Å². The Morgan fingerprint density at radius 3 is 2.27 bits per heavy atom. The van der Waals surface area contributed by atoms with Crippen LogP contribution in [0.3, 0.4) is 0 Å². The lowest BCUT2D eigenvalue weighted by molar-refractivity contribution is -0.894. The second kappa shape index (κ2) is 9.90. The summed E-state index contributed by atoms with van der Waals surface area (Å²) in [6.07, 6.45) is 1.90. The molecule has 0 radical (unpaired) electrons. The molecule has 1 fully saturated rings. The Bertz CT molecular complexity index is 624. The molecule has 1 aliphatic rings. The maximum atomic E-state index is 11.4. The molecular weight excluding hydrogens is 352 g/mol. The molecule has 0 aliphatic carbocycles. The predicted octanol–water partition coefficient (Wildman–Crippen LogP) is -1.07. The van der Waals surface area contributed by atoms with E-state index >= 15 is 0 Å². The van der Waals surface area contributed by atoms with Gasteiger partial charge in [-0.05, 0) is 43.1 Å². The molecule has 1 aliphatic heterocycles. The minimum Gasteiger partial charge on any atom is -1.00 e. The number of carbonyl (C=O) groups is 2. The van der Waals surface area contributed by atoms with E-state index in [9.17, 15) is 9.59 Å². The summed E-state index contributed by atoms with van der Waals surface area (Å²) >= 11 is 0. The smallest absolute Gasteiger partial charge is 0.221 e. The number of carbonyl (C=O) groups excluding carboxylic acids is 2. The van der Waals surface area contributed by atoms with E-state index in [0.717, 1.165) is 53.9 Å². The van der Waals surface area contributed by atoms with Crippen molar-refractivity contribution in [3.8, 4) is 0 Å². The van der Waals surface area contributed by atoms with Crippen molar-refractivity contribution < 1.29 is 26.5 Å². The molecule has 1 aromatic rings. The van der Waals surface area contributed by atoms with Crippen molar-refractivity contribution in [1.29, 1.82) is 0 Å². The van der Waals surface area contributed by atoms with Gasteiger partial charge < -0.3 is 27.5 Å². The van der Waals surface area contributed by atoms with Gasteiger partial charge in [0.1, 0.15) is 0 Å². The third-order valence-corrected chi connectivity index (χ3v) is 4.70. The van der Waals surface area contributed by atoms with Crippen molar-refractivity contribution in [2.75, 3.05) is 57.5 Å². The van der Waals surface area contributed by atoms with Gasteiger partial charge in [-0.15, -0.1) is 0 Å². The summed E-state index contributed by atoms with van der Waals surface area (Å²) in [5, 5.41) is 5.70. The van der Waals surface area contributed by atoms with Crippen LogP contribution in [0, 0.1) is 0 Å². The Morgan fingerprint density at radius 1 is 1.08 bits per heavy atom. The molecule has 0 saturated carbocycles. The molecule has 1 aromatic carbocycles. The number of amides is 2. The molecule has 0 aromatic heterocycles. The number of aryl methyl sites for hydroxylation is 1. The van der Waals surface area contributed by atoms with E-state index in [1.165, 1.54) is 26.9 Å². The average Bonchev–Trinajstić information content (AvgIpc) is 2.50. The third kappa shape index (κ3) is 7.32. The lowest BCUT2D eigenvalue weighted by atomic mass is 10.1. The molecular formula is C19H31ClN4O2. The monoisotopic (exact) mass is 382 g/mol. The van der Waals surface area contributed by atoms with Crippen LogP contribution in [0.1, 0.15) is 25.8 Å². The number of nitrogens with zero attached hydrogens (tertiary/aromatic N) is 2. The number of halogens is 1. The molecule has 2 N–H and O–H groups in total. The number of likely N-dealkylation sites (N-methyl/N-ethyl adjacent to an activating group) is 1. The zero-order valence-corrected chi connectivity index (χ0v) is 17.0. The van der Waals surface area contributed by atoms with Crippen LogP contribution in [0.2, 0.25) is 0 Å². The third-order valence-electron chi connectivity index (χ3n) is 4.70. The fourth-order valence-electron chi connectivity index (χ4n) is 3.16. The topological polar surface area (TPSA) is 61.4 Å². The zero-order chi connectivity index (χ0) is 18.4. The summed E-state index contributed by atoms with van der Waals surface area (Å²) in [6.45, 7) is 8.72. The van der Waals surface area contributed by atoms with Crippen molar-refractivity contribution in [3.05, 3.63) is 23.8 Å². The van der Waals surface area contributed by atoms with Crippen LogP contribution >= 0.6 is 0 Å². The Morgan fingerprint density at radius 2 is 1.69 bits per heavy atom. The first-order valence-corrected chi connectivity index (χ1v) is 8.98. The molecule has 1 heterocycles. The Hall–Kier alpha value is -1.63. The van der Waals surface area contributed by atoms with Crippen LogP contribution in [-0.2, 0) is 16.0 Å². The van der Waals surface area contributed by atoms with Gasteiger partial charge in [0.25, 0.3) is 0 Å². The van der Waals surface area contributed by atoms with Crippen LogP contribution in [-0.4, -0.2) is 68.0 Å². The Balaban J connectivity index is 0.00000338. The first kappa shape index (κ1) is 22.4. The van der Waals surface area contributed by atoms with Gasteiger partial charge in [0.05, 0.1) is 27.2 Å². The second-order valence-corrected chi connectivity index (χ2v) is 7.56. The fraction of sp³-hybridized carbons (Fsp3) is 0.579. The van der Waals surface area contributed by atoms with Gasteiger partial charge in [-0.1, -0.05) is 0 Å². The molecule has 6 nitrogen and oxygen atoms in total. The van der Waals surface area contributed by atoms with Crippen molar-refractivity contribution in [2.24, 2.45) is 0 Å². The second-order valence-electron chi connectivity index (χ2n) is 7.56. The Labute approximate surface area is 162 Å². The first-order valence-electron chi connectivity index (χ1n) is 8.98. The summed E-state index contributed by atoms with van der Waals surface area (Å²) in [7, 11) is 4.56. The Kier molecular flexibility index (Phi) is 8.53. The molecule has 0 spiro atoms. The number of anilines is 2. The maximum absolute atomic E-state index is 11.4. The van der Waals surface area contributed by atoms with Crippen LogP contribution in [0.4, 0.5) is 11.4 Å². The van der Waals surface area contributed by atoms with Gasteiger partial charge in [-0.2, -0.15) is 0 Å². The average molecular weight is 383 g/mol. The van der Waals surface area contributed by atoms with Gasteiger partial charge in [-0.3, -0.25) is 14.5 Å². The van der Waals surface area contributed by atoms with Gasteiger partial charge in [-0.25, -0.2) is 0 Å². The lowest BCUT2D eigenvalue weighted by Crippen LogP contribution is -3.00. The summed E-state index contributed by atoms with van der Waals surface area (Å²) in [6, 6.07) is 5.65. The molecule has 0 bridgehead atoms. The molecule has 0 unspecified atom stereocenters. The minimum absolute atomic E-state index is 0. The number of quaternary nitrogens is 1. The molecule has 2 amide bonds. The zero-order valence-electron chi connectivity index (χ0n) is 16.3. The maximum Gasteiger partial charge on any atom is 0.221 e. The number of hydrogen-bond acceptors (Lipinski definition) is 3. The van der Waals surface area contributed by atoms with E-state index in [2.05, 4.69) is 29.6 Å². The van der Waals surface area contributed by atoms with Crippen molar-refractivity contribution in [2.45, 2.75) is 26.7 Å². The lowest BCUT2D eigenvalue weighted by Gasteiger charge is -2.39. The van der Waals surface area contributed by atoms with Crippen LogP contribution < -0.4 is 23.0 Å². The predicted molar refractivity (Wildman–Crippen MR) is 102 cm³/mol. The van der Waals surface area contributed by atoms with E-state index < -0.39 is 0 Å². The highest BCUT2D eigenvalue weighted by Crippen LogP contribution is 2.22. The van der Waals surface area contributed by atoms with Gasteiger partial charge in [0, 0.05) is 38.3 Å². The molecule has 1 saturated heterocycles. The number of benzene rings is 1. The van der Waals surface area contributed by atoms with E-state index in [0.29, 0.717) is 0 Å². The van der Waals surface area contributed by atoms with E-state index in [-0.39, 0.29) is 24.2 Å². The summed E-state index contributed by atoms with van der Waals surface area (Å²) in [4.78, 5) is 25.2. The highest BCUT2D eigenvalue weighted by molar-refractivity contribution is 5.92. The number of rotatable bonds is 6. The number of nitrogens with one attached hydrogen (secondary N) is 2. The normalized spacial score (nSPS) is 16.5. The van der Waals surface area contributed by atoms with Crippen LogP contribution in [0.5, 0.6) is 0 Å². The summed E-state index contributed by atoms with van der Waals surface area (Å²) in [5.41, 5.74) is 2.67. The first-order chi connectivity index (χ1) is 11.7. The van der Waals surface area contributed by atoms with Crippen molar-refractivity contribution in [3.63, 3.8) is 0 Å². The highest BCUT2D eigenvalue weighted by atomic mass is 35.5. The molecule has 2 rings (SSSR count). The van der Waals surface area contributed by atoms with E-state index in [1.54, 1.807) is 0 Å². The fourth-order valence-corrected chi connectivity index (χ4v) is 3.16. The summed E-state index contributed by atoms with van der Waals surface area (Å²) < 4.78 is 1.10.